The van der Waals surface area contributed by atoms with Crippen LogP contribution in [0.25, 0.3) is 160 Å². The van der Waals surface area contributed by atoms with Gasteiger partial charge in [0, 0.05) is 22.3 Å². The van der Waals surface area contributed by atoms with E-state index in [0.29, 0.717) is 0 Å². The van der Waals surface area contributed by atoms with Crippen LogP contribution in [-0.4, -0.2) is 19.9 Å². The Hall–Kier alpha value is -11.5. The van der Waals surface area contributed by atoms with Crippen LogP contribution in [0.1, 0.15) is 5.69 Å². The summed E-state index contributed by atoms with van der Waals surface area (Å²) >= 11 is 0. The Labute approximate surface area is 499 Å². The van der Waals surface area contributed by atoms with Crippen molar-refractivity contribution < 1.29 is 0 Å². The second-order valence-corrected chi connectivity index (χ2v) is 21.6. The van der Waals surface area contributed by atoms with Crippen LogP contribution in [0.3, 0.4) is 0 Å². The molecule has 0 aliphatic carbocycles. The molecule has 0 fully saturated rings. The lowest BCUT2D eigenvalue weighted by Gasteiger charge is -2.27. The third-order valence-electron chi connectivity index (χ3n) is 16.5. The summed E-state index contributed by atoms with van der Waals surface area (Å²) in [5.41, 5.74) is 23.8. The molecule has 0 spiro atoms. The number of fused-ring (bicyclic) bond motifs is 8. The summed E-state index contributed by atoms with van der Waals surface area (Å²) in [4.78, 5) is 21.5. The first kappa shape index (κ1) is 51.4. The Morgan fingerprint density at radius 3 is 0.953 bits per heavy atom. The SMILES string of the molecule is C=C/C=C(\C=C)c1nc2cc(-c3ccc4c5ccc(-c6ccc7nc(-c8ccccc8)c(-c8ccccc8)nc7c6)cc5c5c(-c6ccccc6)c(-c6ccccc6)c(-c6ccccc6)c(-c6ccccc6)c5c4c3)ccc2nc1-c1ccccc1. The topological polar surface area (TPSA) is 51.6 Å². The van der Waals surface area contributed by atoms with E-state index in [9.17, 15) is 0 Å². The van der Waals surface area contributed by atoms with E-state index >= 15 is 0 Å². The fourth-order valence-electron chi connectivity index (χ4n) is 12.6. The van der Waals surface area contributed by atoms with Crippen molar-refractivity contribution in [1.82, 2.24) is 19.9 Å². The lowest BCUT2D eigenvalue weighted by Crippen LogP contribution is -1.99. The molecule has 0 unspecified atom stereocenters. The highest BCUT2D eigenvalue weighted by Gasteiger charge is 2.28. The van der Waals surface area contributed by atoms with E-state index in [1.54, 1.807) is 6.08 Å². The Morgan fingerprint density at radius 2 is 0.570 bits per heavy atom. The minimum absolute atomic E-state index is 0.750. The van der Waals surface area contributed by atoms with Gasteiger partial charge in [-0.3, -0.25) is 0 Å². The number of hydrogen-bond donors (Lipinski definition) is 0. The molecule has 4 nitrogen and oxygen atoms in total. The normalized spacial score (nSPS) is 11.7. The van der Waals surface area contributed by atoms with Gasteiger partial charge in [-0.1, -0.05) is 280 Å². The average molecular weight is 1100 g/mol. The van der Waals surface area contributed by atoms with E-state index in [-0.39, 0.29) is 0 Å². The molecule has 13 aromatic carbocycles. The van der Waals surface area contributed by atoms with Crippen molar-refractivity contribution in [3.63, 3.8) is 0 Å². The minimum atomic E-state index is 0.750. The van der Waals surface area contributed by atoms with Crippen LogP contribution in [0.4, 0.5) is 0 Å². The predicted octanol–water partition coefficient (Wildman–Crippen LogP) is 21.8. The summed E-state index contributed by atoms with van der Waals surface area (Å²) < 4.78 is 0. The van der Waals surface area contributed by atoms with Crippen LogP contribution >= 0.6 is 0 Å². The molecule has 0 N–H and O–H groups in total. The summed E-state index contributed by atoms with van der Waals surface area (Å²) in [6, 6.07) is 102. The number of aromatic nitrogens is 4. The molecule has 0 bridgehead atoms. The molecule has 0 saturated carbocycles. The summed E-state index contributed by atoms with van der Waals surface area (Å²) in [7, 11) is 0. The zero-order chi connectivity index (χ0) is 57.5. The number of nitrogens with zero attached hydrogens (tertiary/aromatic N) is 4. The quantitative estimate of drug-likeness (QED) is 0.0904. The van der Waals surface area contributed by atoms with Crippen LogP contribution in [0.5, 0.6) is 0 Å². The number of benzene rings is 13. The molecule has 15 rings (SSSR count). The van der Waals surface area contributed by atoms with Gasteiger partial charge in [0.15, 0.2) is 0 Å². The Morgan fingerprint density at radius 1 is 0.256 bits per heavy atom. The first-order valence-corrected chi connectivity index (χ1v) is 29.1. The van der Waals surface area contributed by atoms with Gasteiger partial charge in [-0.2, -0.15) is 0 Å². The lowest BCUT2D eigenvalue weighted by molar-refractivity contribution is 1.26. The Bertz CT molecular complexity index is 5140. The van der Waals surface area contributed by atoms with Gasteiger partial charge < -0.3 is 0 Å². The molecule has 86 heavy (non-hydrogen) atoms. The molecule has 4 heteroatoms. The fourth-order valence-corrected chi connectivity index (χ4v) is 12.6. The van der Waals surface area contributed by atoms with Crippen molar-refractivity contribution in [3.05, 3.63) is 322 Å². The van der Waals surface area contributed by atoms with Crippen LogP contribution in [0.15, 0.2) is 317 Å². The molecule has 0 amide bonds. The molecule has 0 saturated heterocycles. The van der Waals surface area contributed by atoms with Gasteiger partial charge in [-0.05, 0) is 135 Å². The van der Waals surface area contributed by atoms with Crippen molar-refractivity contribution in [1.29, 1.82) is 0 Å². The number of hydrogen-bond acceptors (Lipinski definition) is 4. The monoisotopic (exact) mass is 1090 g/mol. The average Bonchev–Trinajstić information content (AvgIpc) is 0.723. The molecule has 15 aromatic rings. The summed E-state index contributed by atoms with van der Waals surface area (Å²) in [6.07, 6.45) is 5.55. The summed E-state index contributed by atoms with van der Waals surface area (Å²) in [6.45, 7) is 8.20. The molecular formula is C82H54N4. The molecule has 0 aliphatic heterocycles. The minimum Gasteiger partial charge on any atom is -0.244 e. The smallest absolute Gasteiger partial charge is 0.0973 e. The van der Waals surface area contributed by atoms with Crippen LogP contribution in [0.2, 0.25) is 0 Å². The standard InChI is InChI=1S/C82H54N4/c1-3-26-53(4-2)79-80(58-35-20-9-21-36-58)83-69-47-43-63(51-71(69)85-79)61-41-45-65-66-46-42-62(64-44-48-70-72(52-64)86-82(60-39-24-11-25-40-60)81(84-70)59-37-22-10-23-38-59)50-68(66)78-76(57-33-18-8-19-34-57)74(55-29-14-6-15-30-55)73(54-27-12-5-13-28-54)75(77(78)67(65)49-61)56-31-16-7-17-32-56/h3-52H,1-2H2/b53-26+. The maximum atomic E-state index is 5.45. The third-order valence-corrected chi connectivity index (χ3v) is 16.5. The molecule has 0 aliphatic rings. The lowest BCUT2D eigenvalue weighted by atomic mass is 9.76. The van der Waals surface area contributed by atoms with E-state index in [1.165, 1.54) is 27.5 Å². The van der Waals surface area contributed by atoms with Gasteiger partial charge in [0.1, 0.15) is 0 Å². The maximum absolute atomic E-state index is 5.45. The molecule has 2 aromatic heterocycles. The van der Waals surface area contributed by atoms with E-state index in [2.05, 4.69) is 268 Å². The van der Waals surface area contributed by atoms with E-state index in [4.69, 9.17) is 19.9 Å². The maximum Gasteiger partial charge on any atom is 0.0973 e. The molecular weight excluding hydrogens is 1040 g/mol. The summed E-state index contributed by atoms with van der Waals surface area (Å²) in [5, 5.41) is 6.93. The van der Waals surface area contributed by atoms with Crippen LogP contribution in [-0.2, 0) is 0 Å². The van der Waals surface area contributed by atoms with Crippen molar-refractivity contribution in [3.8, 4) is 101 Å². The van der Waals surface area contributed by atoms with Gasteiger partial charge in [0.25, 0.3) is 0 Å². The van der Waals surface area contributed by atoms with Crippen molar-refractivity contribution in [2.45, 2.75) is 0 Å². The second-order valence-electron chi connectivity index (χ2n) is 21.6. The van der Waals surface area contributed by atoms with Crippen molar-refractivity contribution in [2.24, 2.45) is 0 Å². The van der Waals surface area contributed by atoms with Crippen molar-refractivity contribution in [2.75, 3.05) is 0 Å². The summed E-state index contributed by atoms with van der Waals surface area (Å²) in [5.74, 6) is 0. The first-order chi connectivity index (χ1) is 42.6. The number of allylic oxidation sites excluding steroid dienone is 4. The van der Waals surface area contributed by atoms with Crippen molar-refractivity contribution >= 4 is 60.0 Å². The molecule has 2 heterocycles. The highest BCUT2D eigenvalue weighted by Crippen LogP contribution is 2.55. The first-order valence-electron chi connectivity index (χ1n) is 29.1. The van der Waals surface area contributed by atoms with Gasteiger partial charge in [-0.15, -0.1) is 0 Å². The zero-order valence-electron chi connectivity index (χ0n) is 47.1. The van der Waals surface area contributed by atoms with Crippen LogP contribution < -0.4 is 0 Å². The highest BCUT2D eigenvalue weighted by atomic mass is 14.8. The fraction of sp³-hybridized carbons (Fsp3) is 0. The highest BCUT2D eigenvalue weighted by molar-refractivity contribution is 6.36. The van der Waals surface area contributed by atoms with E-state index in [0.717, 1.165) is 139 Å². The van der Waals surface area contributed by atoms with Gasteiger partial charge >= 0.3 is 0 Å². The Kier molecular flexibility index (Phi) is 13.2. The van der Waals surface area contributed by atoms with E-state index < -0.39 is 0 Å². The predicted molar refractivity (Wildman–Crippen MR) is 362 cm³/mol. The largest absolute Gasteiger partial charge is 0.244 e. The molecule has 402 valence electrons. The van der Waals surface area contributed by atoms with E-state index in [1.807, 2.05) is 42.5 Å². The van der Waals surface area contributed by atoms with Gasteiger partial charge in [-0.25, -0.2) is 19.9 Å². The third kappa shape index (κ3) is 9.14. The number of rotatable bonds is 12. The van der Waals surface area contributed by atoms with Gasteiger partial charge in [0.05, 0.1) is 44.8 Å². The van der Waals surface area contributed by atoms with Crippen LogP contribution in [0, 0.1) is 0 Å². The molecule has 0 radical (unpaired) electrons. The second kappa shape index (κ2) is 22.0. The van der Waals surface area contributed by atoms with Gasteiger partial charge in [0.2, 0.25) is 0 Å². The Balaban J connectivity index is 1.06. The zero-order valence-corrected chi connectivity index (χ0v) is 47.1. The molecule has 0 atom stereocenters.